The molecule has 3 aromatic heterocycles. The summed E-state index contributed by atoms with van der Waals surface area (Å²) >= 11 is 0. The summed E-state index contributed by atoms with van der Waals surface area (Å²) in [5, 5.41) is 14.7. The van der Waals surface area contributed by atoms with Gasteiger partial charge in [0.1, 0.15) is 5.65 Å². The number of pyridine rings is 2. The number of aromatic nitrogens is 3. The fourth-order valence-corrected chi connectivity index (χ4v) is 3.32. The first-order chi connectivity index (χ1) is 14.2. The largest absolute Gasteiger partial charge is 0.504 e. The Morgan fingerprint density at radius 3 is 2.76 bits per heavy atom. The van der Waals surface area contributed by atoms with E-state index in [0.29, 0.717) is 11.5 Å². The Balaban J connectivity index is 1.62. The smallest absolute Gasteiger partial charge is 0.203 e. The van der Waals surface area contributed by atoms with E-state index in [-0.39, 0.29) is 5.75 Å². The third-order valence-corrected chi connectivity index (χ3v) is 4.75. The Bertz CT molecular complexity index is 1130. The summed E-state index contributed by atoms with van der Waals surface area (Å²) in [6.45, 7) is 0.780. The van der Waals surface area contributed by atoms with Gasteiger partial charge < -0.3 is 24.9 Å². The minimum absolute atomic E-state index is 0.0169. The van der Waals surface area contributed by atoms with Crippen LogP contribution < -0.4 is 14.8 Å². The number of fused-ring (bicyclic) bond motifs is 1. The van der Waals surface area contributed by atoms with Crippen LogP contribution in [-0.4, -0.2) is 40.8 Å². The summed E-state index contributed by atoms with van der Waals surface area (Å²) < 4.78 is 10.5. The third kappa shape index (κ3) is 3.80. The van der Waals surface area contributed by atoms with Crippen LogP contribution in [0.5, 0.6) is 17.2 Å². The van der Waals surface area contributed by atoms with Crippen molar-refractivity contribution in [2.45, 2.75) is 6.42 Å². The van der Waals surface area contributed by atoms with E-state index in [2.05, 4.69) is 26.3 Å². The minimum atomic E-state index is 0.0169. The van der Waals surface area contributed by atoms with Gasteiger partial charge in [0.05, 0.1) is 14.2 Å². The molecule has 148 valence electrons. The average molecular weight is 390 g/mol. The number of nitrogens with one attached hydrogen (secondary N) is 2. The van der Waals surface area contributed by atoms with Crippen LogP contribution in [0.4, 0.5) is 5.69 Å². The van der Waals surface area contributed by atoms with E-state index in [4.69, 9.17) is 9.47 Å². The number of methoxy groups -OCH3 is 2. The molecule has 0 atom stereocenters. The molecule has 0 amide bonds. The van der Waals surface area contributed by atoms with Gasteiger partial charge in [0.25, 0.3) is 0 Å². The number of phenols is 1. The molecular formula is C22H22N4O3. The van der Waals surface area contributed by atoms with Crippen LogP contribution in [0.15, 0.2) is 55.0 Å². The number of hydrogen-bond acceptors (Lipinski definition) is 6. The lowest BCUT2D eigenvalue weighted by atomic mass is 10.1. The number of nitrogens with zero attached hydrogens (tertiary/aromatic N) is 2. The lowest BCUT2D eigenvalue weighted by molar-refractivity contribution is 0.333. The average Bonchev–Trinajstić information content (AvgIpc) is 3.19. The van der Waals surface area contributed by atoms with Gasteiger partial charge in [-0.1, -0.05) is 6.07 Å². The van der Waals surface area contributed by atoms with E-state index >= 15 is 0 Å². The topological polar surface area (TPSA) is 92.3 Å². The SMILES string of the molecule is COc1cc(-c2cc3c(NCCc4cccnc4)ccnc3[nH]2)cc(O)c1OC. The summed E-state index contributed by atoms with van der Waals surface area (Å²) in [4.78, 5) is 11.9. The molecule has 0 aliphatic rings. The molecule has 7 nitrogen and oxygen atoms in total. The number of rotatable bonds is 7. The van der Waals surface area contributed by atoms with Crippen LogP contribution in [0.3, 0.4) is 0 Å². The first-order valence-electron chi connectivity index (χ1n) is 9.25. The van der Waals surface area contributed by atoms with Gasteiger partial charge in [0, 0.05) is 47.5 Å². The van der Waals surface area contributed by atoms with Crippen LogP contribution in [0, 0.1) is 0 Å². The maximum Gasteiger partial charge on any atom is 0.203 e. The number of ether oxygens (including phenoxy) is 2. The zero-order valence-corrected chi connectivity index (χ0v) is 16.3. The molecule has 4 rings (SSSR count). The van der Waals surface area contributed by atoms with Crippen molar-refractivity contribution in [2.75, 3.05) is 26.1 Å². The molecule has 0 saturated heterocycles. The third-order valence-electron chi connectivity index (χ3n) is 4.75. The Morgan fingerprint density at radius 1 is 1.10 bits per heavy atom. The van der Waals surface area contributed by atoms with Gasteiger partial charge in [-0.3, -0.25) is 4.98 Å². The molecule has 3 N–H and O–H groups in total. The maximum atomic E-state index is 10.3. The number of aromatic hydroxyl groups is 1. The van der Waals surface area contributed by atoms with Crippen LogP contribution in [0.25, 0.3) is 22.3 Å². The zero-order chi connectivity index (χ0) is 20.2. The molecule has 0 unspecified atom stereocenters. The van der Waals surface area contributed by atoms with E-state index in [1.54, 1.807) is 18.5 Å². The lowest BCUT2D eigenvalue weighted by Gasteiger charge is -2.11. The van der Waals surface area contributed by atoms with Crippen molar-refractivity contribution in [2.24, 2.45) is 0 Å². The van der Waals surface area contributed by atoms with Crippen molar-refractivity contribution in [3.63, 3.8) is 0 Å². The molecule has 4 aromatic rings. The first-order valence-corrected chi connectivity index (χ1v) is 9.25. The van der Waals surface area contributed by atoms with Crippen molar-refractivity contribution < 1.29 is 14.6 Å². The molecule has 1 aromatic carbocycles. The summed E-state index contributed by atoms with van der Waals surface area (Å²) in [6, 6.07) is 11.4. The predicted octanol–water partition coefficient (Wildman–Crippen LogP) is 4.00. The minimum Gasteiger partial charge on any atom is -0.504 e. The highest BCUT2D eigenvalue weighted by molar-refractivity contribution is 5.93. The van der Waals surface area contributed by atoms with Gasteiger partial charge in [-0.2, -0.15) is 0 Å². The second-order valence-corrected chi connectivity index (χ2v) is 6.57. The number of benzene rings is 1. The Kier molecular flexibility index (Phi) is 5.20. The second kappa shape index (κ2) is 8.10. The molecule has 0 fully saturated rings. The molecule has 0 spiro atoms. The van der Waals surface area contributed by atoms with Gasteiger partial charge in [0.15, 0.2) is 11.5 Å². The highest BCUT2D eigenvalue weighted by Gasteiger charge is 2.15. The van der Waals surface area contributed by atoms with Crippen LogP contribution in [0.1, 0.15) is 5.56 Å². The van der Waals surface area contributed by atoms with Crippen LogP contribution in [-0.2, 0) is 6.42 Å². The van der Waals surface area contributed by atoms with Gasteiger partial charge >= 0.3 is 0 Å². The fraction of sp³-hybridized carbons (Fsp3) is 0.182. The van der Waals surface area contributed by atoms with E-state index in [1.165, 1.54) is 19.8 Å². The molecule has 3 heterocycles. The quantitative estimate of drug-likeness (QED) is 0.442. The van der Waals surface area contributed by atoms with E-state index in [9.17, 15) is 5.11 Å². The number of aromatic amines is 1. The van der Waals surface area contributed by atoms with Gasteiger partial charge in [-0.15, -0.1) is 0 Å². The van der Waals surface area contributed by atoms with Crippen molar-refractivity contribution in [3.05, 3.63) is 60.6 Å². The number of anilines is 1. The van der Waals surface area contributed by atoms with Crippen molar-refractivity contribution in [1.82, 2.24) is 15.0 Å². The Hall–Kier alpha value is -3.74. The molecule has 29 heavy (non-hydrogen) atoms. The Morgan fingerprint density at radius 2 is 2.00 bits per heavy atom. The summed E-state index contributed by atoms with van der Waals surface area (Å²) in [7, 11) is 3.03. The lowest BCUT2D eigenvalue weighted by Crippen LogP contribution is -2.05. The second-order valence-electron chi connectivity index (χ2n) is 6.57. The van der Waals surface area contributed by atoms with E-state index < -0.39 is 0 Å². The highest BCUT2D eigenvalue weighted by Crippen LogP contribution is 2.41. The van der Waals surface area contributed by atoms with Gasteiger partial charge in [0.2, 0.25) is 5.75 Å². The normalized spacial score (nSPS) is 10.8. The maximum absolute atomic E-state index is 10.3. The molecule has 0 aliphatic heterocycles. The van der Waals surface area contributed by atoms with Crippen molar-refractivity contribution in [3.8, 4) is 28.5 Å². The molecule has 0 radical (unpaired) electrons. The van der Waals surface area contributed by atoms with Crippen LogP contribution in [0.2, 0.25) is 0 Å². The predicted molar refractivity (Wildman–Crippen MR) is 113 cm³/mol. The first kappa shape index (κ1) is 18.6. The summed E-state index contributed by atoms with van der Waals surface area (Å²) in [6.07, 6.45) is 6.29. The van der Waals surface area contributed by atoms with Crippen molar-refractivity contribution in [1.29, 1.82) is 0 Å². The molecule has 0 saturated carbocycles. The highest BCUT2D eigenvalue weighted by atomic mass is 16.5. The number of phenolic OH excluding ortho intramolecular Hbond substituents is 1. The Labute approximate surface area is 168 Å². The summed E-state index contributed by atoms with van der Waals surface area (Å²) in [5.41, 5.74) is 4.54. The monoisotopic (exact) mass is 390 g/mol. The molecule has 7 heteroatoms. The van der Waals surface area contributed by atoms with Gasteiger partial charge in [-0.25, -0.2) is 4.98 Å². The summed E-state index contributed by atoms with van der Waals surface area (Å²) in [5.74, 6) is 0.787. The van der Waals surface area contributed by atoms with E-state index in [0.717, 1.165) is 40.9 Å². The standard InChI is InChI=1S/C22H22N4O3/c1-28-20-11-15(10-19(27)21(20)29-2)18-12-16-17(6-9-25-22(16)26-18)24-8-5-14-4-3-7-23-13-14/h3-4,6-7,9-13,27H,5,8H2,1-2H3,(H2,24,25,26). The number of hydrogen-bond donors (Lipinski definition) is 3. The molecular weight excluding hydrogens is 368 g/mol. The molecule has 0 aliphatic carbocycles. The molecule has 0 bridgehead atoms. The van der Waals surface area contributed by atoms with Crippen LogP contribution >= 0.6 is 0 Å². The van der Waals surface area contributed by atoms with Gasteiger partial charge in [-0.05, 0) is 42.3 Å². The fourth-order valence-electron chi connectivity index (χ4n) is 3.32. The van der Waals surface area contributed by atoms with Crippen molar-refractivity contribution >= 4 is 16.7 Å². The number of H-pyrrole nitrogens is 1. The zero-order valence-electron chi connectivity index (χ0n) is 16.3. The van der Waals surface area contributed by atoms with E-state index in [1.807, 2.05) is 30.5 Å².